The number of fused-ring (bicyclic) bond motifs is 2. The number of carbonyl (C=O) groups excluding carboxylic acids is 3. The predicted molar refractivity (Wildman–Crippen MR) is 98.5 cm³/mol. The van der Waals surface area contributed by atoms with Crippen LogP contribution in [0.3, 0.4) is 0 Å². The molecule has 144 valence electrons. The summed E-state index contributed by atoms with van der Waals surface area (Å²) in [7, 11) is 0. The summed E-state index contributed by atoms with van der Waals surface area (Å²) < 4.78 is 5.26. The third kappa shape index (κ3) is 3.14. The molecule has 0 unspecified atom stereocenters. The predicted octanol–water partition coefficient (Wildman–Crippen LogP) is 2.01. The van der Waals surface area contributed by atoms with Crippen molar-refractivity contribution in [1.82, 2.24) is 4.90 Å². The first-order valence-corrected chi connectivity index (χ1v) is 9.11. The number of phenols is 2. The lowest BCUT2D eigenvalue weighted by Gasteiger charge is -2.20. The van der Waals surface area contributed by atoms with Gasteiger partial charge in [0.15, 0.2) is 5.78 Å². The van der Waals surface area contributed by atoms with Crippen molar-refractivity contribution in [1.29, 1.82) is 0 Å². The molecular weight excluding hydrogens is 362 g/mol. The van der Waals surface area contributed by atoms with E-state index in [-0.39, 0.29) is 52.9 Å². The zero-order valence-electron chi connectivity index (χ0n) is 15.1. The number of phenolic OH excluding ortho intramolecular Hbond substituents is 2. The minimum Gasteiger partial charge on any atom is -0.507 e. The highest BCUT2D eigenvalue weighted by Crippen LogP contribution is 2.37. The van der Waals surface area contributed by atoms with Crippen molar-refractivity contribution in [2.75, 3.05) is 19.6 Å². The molecule has 0 spiro atoms. The monoisotopic (exact) mass is 381 g/mol. The summed E-state index contributed by atoms with van der Waals surface area (Å²) in [5.41, 5.74) is 0.274. The van der Waals surface area contributed by atoms with Gasteiger partial charge in [0.2, 0.25) is 5.78 Å². The first-order chi connectivity index (χ1) is 13.5. The van der Waals surface area contributed by atoms with Gasteiger partial charge in [-0.1, -0.05) is 12.1 Å². The number of hydrogen-bond acceptors (Lipinski definition) is 7. The number of esters is 1. The van der Waals surface area contributed by atoms with Gasteiger partial charge in [0, 0.05) is 11.1 Å². The lowest BCUT2D eigenvalue weighted by Crippen LogP contribution is -2.28. The maximum absolute atomic E-state index is 12.8. The summed E-state index contributed by atoms with van der Waals surface area (Å²) in [6, 6.07) is 7.01. The zero-order valence-corrected chi connectivity index (χ0v) is 15.1. The fourth-order valence-corrected chi connectivity index (χ4v) is 3.76. The molecule has 4 rings (SSSR count). The SMILES string of the molecule is O=C(CN1CCCC1)OCc1cc(O)c2c(c1)C(=O)c1cccc(O)c1C2=O. The van der Waals surface area contributed by atoms with Gasteiger partial charge in [0.05, 0.1) is 17.7 Å². The Hall–Kier alpha value is -3.19. The Morgan fingerprint density at radius 1 is 0.964 bits per heavy atom. The second-order valence-electron chi connectivity index (χ2n) is 7.04. The number of carbonyl (C=O) groups is 3. The van der Waals surface area contributed by atoms with Gasteiger partial charge in [-0.2, -0.15) is 0 Å². The quantitative estimate of drug-likeness (QED) is 0.666. The van der Waals surface area contributed by atoms with Crippen molar-refractivity contribution in [2.24, 2.45) is 0 Å². The number of ether oxygens (including phenoxy) is 1. The Kier molecular flexibility index (Phi) is 4.60. The highest BCUT2D eigenvalue weighted by Gasteiger charge is 2.34. The number of likely N-dealkylation sites (tertiary alicyclic amines) is 1. The number of benzene rings is 2. The summed E-state index contributed by atoms with van der Waals surface area (Å²) in [4.78, 5) is 39.5. The highest BCUT2D eigenvalue weighted by atomic mass is 16.5. The van der Waals surface area contributed by atoms with E-state index in [1.54, 1.807) is 0 Å². The molecule has 0 atom stereocenters. The van der Waals surface area contributed by atoms with E-state index in [0.717, 1.165) is 25.9 Å². The largest absolute Gasteiger partial charge is 0.507 e. The second kappa shape index (κ2) is 7.09. The van der Waals surface area contributed by atoms with Gasteiger partial charge in [-0.15, -0.1) is 0 Å². The van der Waals surface area contributed by atoms with Gasteiger partial charge in [-0.05, 0) is 49.7 Å². The smallest absolute Gasteiger partial charge is 0.320 e. The molecule has 1 aliphatic carbocycles. The van der Waals surface area contributed by atoms with Crippen LogP contribution in [-0.4, -0.2) is 52.3 Å². The summed E-state index contributed by atoms with van der Waals surface area (Å²) >= 11 is 0. The summed E-state index contributed by atoms with van der Waals surface area (Å²) in [6.45, 7) is 1.85. The fraction of sp³-hybridized carbons (Fsp3) is 0.286. The number of aromatic hydroxyl groups is 2. The van der Waals surface area contributed by atoms with Gasteiger partial charge in [-0.3, -0.25) is 19.3 Å². The van der Waals surface area contributed by atoms with E-state index in [9.17, 15) is 24.6 Å². The maximum atomic E-state index is 12.8. The third-order valence-electron chi connectivity index (χ3n) is 5.11. The third-order valence-corrected chi connectivity index (χ3v) is 5.11. The Labute approximate surface area is 161 Å². The molecule has 0 saturated carbocycles. The number of hydrogen-bond donors (Lipinski definition) is 2. The molecule has 0 bridgehead atoms. The zero-order chi connectivity index (χ0) is 19.8. The minimum atomic E-state index is -0.613. The Morgan fingerprint density at radius 3 is 2.43 bits per heavy atom. The van der Waals surface area contributed by atoms with Crippen molar-refractivity contribution < 1.29 is 29.3 Å². The standard InChI is InChI=1S/C21H19NO6/c23-15-5-3-4-13-18(15)21(27)19-14(20(13)26)8-12(9-16(19)24)11-28-17(25)10-22-6-1-2-7-22/h3-5,8-9,23-24H,1-2,6-7,10-11H2. The van der Waals surface area contributed by atoms with Gasteiger partial charge in [0.1, 0.15) is 18.1 Å². The van der Waals surface area contributed by atoms with E-state index >= 15 is 0 Å². The van der Waals surface area contributed by atoms with Crippen molar-refractivity contribution in [3.63, 3.8) is 0 Å². The topological polar surface area (TPSA) is 104 Å². The maximum Gasteiger partial charge on any atom is 0.320 e. The van der Waals surface area contributed by atoms with Crippen molar-refractivity contribution >= 4 is 17.5 Å². The molecule has 28 heavy (non-hydrogen) atoms. The number of nitrogens with zero attached hydrogens (tertiary/aromatic N) is 1. The van der Waals surface area contributed by atoms with Gasteiger partial charge in [-0.25, -0.2) is 0 Å². The van der Waals surface area contributed by atoms with E-state index in [0.29, 0.717) is 5.56 Å². The summed E-state index contributed by atoms with van der Waals surface area (Å²) in [5, 5.41) is 20.3. The Morgan fingerprint density at radius 2 is 1.68 bits per heavy atom. The van der Waals surface area contributed by atoms with Crippen LogP contribution in [0.25, 0.3) is 0 Å². The van der Waals surface area contributed by atoms with Gasteiger partial charge in [0.25, 0.3) is 0 Å². The van der Waals surface area contributed by atoms with E-state index < -0.39 is 11.6 Å². The lowest BCUT2D eigenvalue weighted by molar-refractivity contribution is -0.146. The molecule has 0 aromatic heterocycles. The number of ketones is 2. The average molecular weight is 381 g/mol. The lowest BCUT2D eigenvalue weighted by atomic mass is 9.82. The number of rotatable bonds is 4. The molecule has 2 aliphatic rings. The molecule has 2 aromatic rings. The van der Waals surface area contributed by atoms with Crippen LogP contribution in [0.2, 0.25) is 0 Å². The van der Waals surface area contributed by atoms with Crippen LogP contribution in [-0.2, 0) is 16.1 Å². The van der Waals surface area contributed by atoms with E-state index in [1.165, 1.54) is 30.3 Å². The molecule has 0 amide bonds. The van der Waals surface area contributed by atoms with Gasteiger partial charge >= 0.3 is 5.97 Å². The van der Waals surface area contributed by atoms with Crippen LogP contribution >= 0.6 is 0 Å². The van der Waals surface area contributed by atoms with E-state index in [1.807, 2.05) is 4.90 Å². The molecule has 7 nitrogen and oxygen atoms in total. The van der Waals surface area contributed by atoms with E-state index in [4.69, 9.17) is 4.74 Å². The van der Waals surface area contributed by atoms with Crippen LogP contribution in [0.4, 0.5) is 0 Å². The van der Waals surface area contributed by atoms with Gasteiger partial charge < -0.3 is 14.9 Å². The van der Waals surface area contributed by atoms with Crippen LogP contribution in [0.5, 0.6) is 11.5 Å². The summed E-state index contributed by atoms with van der Waals surface area (Å²) in [5.74, 6) is -2.15. The molecule has 1 aliphatic heterocycles. The second-order valence-corrected chi connectivity index (χ2v) is 7.04. The molecular formula is C21H19NO6. The summed E-state index contributed by atoms with van der Waals surface area (Å²) in [6.07, 6.45) is 2.14. The molecule has 1 fully saturated rings. The molecule has 1 heterocycles. The van der Waals surface area contributed by atoms with Crippen molar-refractivity contribution in [3.8, 4) is 11.5 Å². The van der Waals surface area contributed by atoms with Crippen molar-refractivity contribution in [2.45, 2.75) is 19.4 Å². The minimum absolute atomic E-state index is 0.0358. The first kappa shape index (κ1) is 18.2. The normalized spacial score (nSPS) is 16.0. The van der Waals surface area contributed by atoms with Crippen molar-refractivity contribution in [3.05, 3.63) is 58.1 Å². The fourth-order valence-electron chi connectivity index (χ4n) is 3.76. The van der Waals surface area contributed by atoms with Crippen LogP contribution in [0.1, 0.15) is 50.2 Å². The molecule has 1 saturated heterocycles. The Balaban J connectivity index is 1.57. The Bertz CT molecular complexity index is 991. The average Bonchev–Trinajstić information content (AvgIpc) is 3.17. The van der Waals surface area contributed by atoms with Crippen LogP contribution < -0.4 is 0 Å². The van der Waals surface area contributed by atoms with Crippen LogP contribution in [0.15, 0.2) is 30.3 Å². The molecule has 7 heteroatoms. The molecule has 2 aromatic carbocycles. The molecule has 2 N–H and O–H groups in total. The van der Waals surface area contributed by atoms with E-state index in [2.05, 4.69) is 0 Å². The van der Waals surface area contributed by atoms with Crippen LogP contribution in [0, 0.1) is 0 Å². The first-order valence-electron chi connectivity index (χ1n) is 9.11. The molecule has 0 radical (unpaired) electrons. The highest BCUT2D eigenvalue weighted by molar-refractivity contribution is 6.30.